The molecule has 0 radical (unpaired) electrons. The Labute approximate surface area is 133 Å². The Morgan fingerprint density at radius 2 is 2.35 bits per heavy atom. The molecule has 6 nitrogen and oxygen atoms in total. The van der Waals surface area contributed by atoms with Gasteiger partial charge in [0.1, 0.15) is 17.4 Å². The maximum Gasteiger partial charge on any atom is 0.223 e. The molecule has 0 amide bonds. The van der Waals surface area contributed by atoms with E-state index in [4.69, 9.17) is 4.42 Å². The standard InChI is InChI=1S/C17H15N5O/c1-12-10-20-17(21-11-13-5-4-8-23-13)22-16(12)14(9-18)15-6-2-3-7-19-15/h2-8,10,19H,11H2,1H3,(H,20,21,22)/b15-14-. The molecule has 2 N–H and O–H groups in total. The highest BCUT2D eigenvalue weighted by atomic mass is 16.3. The zero-order valence-corrected chi connectivity index (χ0v) is 12.6. The Bertz CT molecular complexity index is 825. The summed E-state index contributed by atoms with van der Waals surface area (Å²) in [6.07, 6.45) is 10.7. The van der Waals surface area contributed by atoms with Crippen molar-refractivity contribution in [3.63, 3.8) is 0 Å². The fourth-order valence-corrected chi connectivity index (χ4v) is 2.15. The summed E-state index contributed by atoms with van der Waals surface area (Å²) in [6.45, 7) is 2.36. The van der Waals surface area contributed by atoms with Crippen molar-refractivity contribution in [2.45, 2.75) is 13.5 Å². The molecule has 23 heavy (non-hydrogen) atoms. The van der Waals surface area contributed by atoms with Gasteiger partial charge in [0.2, 0.25) is 5.95 Å². The first-order valence-corrected chi connectivity index (χ1v) is 7.12. The molecule has 0 unspecified atom stereocenters. The molecule has 0 saturated carbocycles. The number of dihydropyridines is 1. The first kappa shape index (κ1) is 14.6. The van der Waals surface area contributed by atoms with Crippen molar-refractivity contribution in [2.24, 2.45) is 0 Å². The van der Waals surface area contributed by atoms with E-state index >= 15 is 0 Å². The summed E-state index contributed by atoms with van der Waals surface area (Å²) in [4.78, 5) is 8.73. The van der Waals surface area contributed by atoms with Crippen LogP contribution in [-0.2, 0) is 6.54 Å². The SMILES string of the molecule is Cc1cnc(NCc2ccco2)nc1/C(C#N)=C1/C=CC=CN1. The van der Waals surface area contributed by atoms with Crippen molar-refractivity contribution in [2.75, 3.05) is 5.32 Å². The lowest BCUT2D eigenvalue weighted by Crippen LogP contribution is -2.10. The van der Waals surface area contributed by atoms with Crippen LogP contribution in [0.2, 0.25) is 0 Å². The third kappa shape index (κ3) is 3.30. The van der Waals surface area contributed by atoms with E-state index in [0.717, 1.165) is 11.3 Å². The average molecular weight is 305 g/mol. The summed E-state index contributed by atoms with van der Waals surface area (Å²) in [5.41, 5.74) is 2.63. The Balaban J connectivity index is 1.89. The molecule has 1 aliphatic heterocycles. The summed E-state index contributed by atoms with van der Waals surface area (Å²) in [6, 6.07) is 5.91. The third-order valence-electron chi connectivity index (χ3n) is 3.30. The normalized spacial score (nSPS) is 15.0. The molecule has 2 aromatic heterocycles. The lowest BCUT2D eigenvalue weighted by Gasteiger charge is -2.11. The number of anilines is 1. The Morgan fingerprint density at radius 1 is 1.43 bits per heavy atom. The molecule has 114 valence electrons. The number of rotatable bonds is 4. The molecule has 0 bridgehead atoms. The monoisotopic (exact) mass is 305 g/mol. The molecular weight excluding hydrogens is 290 g/mol. The van der Waals surface area contributed by atoms with Gasteiger partial charge >= 0.3 is 0 Å². The predicted molar refractivity (Wildman–Crippen MR) is 86.8 cm³/mol. The topological polar surface area (TPSA) is 86.8 Å². The van der Waals surface area contributed by atoms with Crippen molar-refractivity contribution in [1.29, 1.82) is 5.26 Å². The van der Waals surface area contributed by atoms with Gasteiger partial charge in [-0.3, -0.25) is 0 Å². The second kappa shape index (κ2) is 6.62. The van der Waals surface area contributed by atoms with Gasteiger partial charge in [0.05, 0.1) is 24.2 Å². The minimum Gasteiger partial charge on any atom is -0.467 e. The summed E-state index contributed by atoms with van der Waals surface area (Å²) in [7, 11) is 0. The molecule has 0 aromatic carbocycles. The Morgan fingerprint density at radius 3 is 3.04 bits per heavy atom. The zero-order chi connectivity index (χ0) is 16.1. The van der Waals surface area contributed by atoms with Gasteiger partial charge in [-0.15, -0.1) is 0 Å². The maximum atomic E-state index is 9.53. The first-order valence-electron chi connectivity index (χ1n) is 7.12. The third-order valence-corrected chi connectivity index (χ3v) is 3.30. The molecule has 2 aromatic rings. The second-order valence-electron chi connectivity index (χ2n) is 4.92. The summed E-state index contributed by atoms with van der Waals surface area (Å²) in [5.74, 6) is 1.24. The second-order valence-corrected chi connectivity index (χ2v) is 4.92. The first-order chi connectivity index (χ1) is 11.3. The highest BCUT2D eigenvalue weighted by Gasteiger charge is 2.13. The zero-order valence-electron chi connectivity index (χ0n) is 12.6. The van der Waals surface area contributed by atoms with Crippen molar-refractivity contribution >= 4 is 11.5 Å². The van der Waals surface area contributed by atoms with Gasteiger partial charge in [0.15, 0.2) is 0 Å². The van der Waals surface area contributed by atoms with E-state index < -0.39 is 0 Å². The Kier molecular flexibility index (Phi) is 4.20. The van der Waals surface area contributed by atoms with Gasteiger partial charge in [-0.25, -0.2) is 9.97 Å². The highest BCUT2D eigenvalue weighted by Crippen LogP contribution is 2.21. The van der Waals surface area contributed by atoms with Crippen LogP contribution in [0.5, 0.6) is 0 Å². The number of nitriles is 1. The quantitative estimate of drug-likeness (QED) is 0.845. The van der Waals surface area contributed by atoms with Crippen LogP contribution in [0.3, 0.4) is 0 Å². The van der Waals surface area contributed by atoms with E-state index in [2.05, 4.69) is 26.7 Å². The van der Waals surface area contributed by atoms with Gasteiger partial charge < -0.3 is 15.1 Å². The van der Waals surface area contributed by atoms with Gasteiger partial charge in [-0.05, 0) is 36.8 Å². The minimum atomic E-state index is 0.450. The van der Waals surface area contributed by atoms with E-state index in [1.54, 1.807) is 18.7 Å². The highest BCUT2D eigenvalue weighted by molar-refractivity contribution is 5.80. The van der Waals surface area contributed by atoms with Crippen LogP contribution in [0.4, 0.5) is 5.95 Å². The fourth-order valence-electron chi connectivity index (χ4n) is 2.15. The number of allylic oxidation sites excluding steroid dienone is 4. The molecule has 0 spiro atoms. The van der Waals surface area contributed by atoms with Crippen LogP contribution < -0.4 is 10.6 Å². The van der Waals surface area contributed by atoms with Crippen LogP contribution in [0, 0.1) is 18.3 Å². The van der Waals surface area contributed by atoms with Crippen molar-refractivity contribution in [3.05, 3.63) is 71.7 Å². The molecule has 1 aliphatic rings. The number of aryl methyl sites for hydroxylation is 1. The Hall–Kier alpha value is -3.33. The van der Waals surface area contributed by atoms with E-state index in [0.29, 0.717) is 29.5 Å². The molecule has 3 heterocycles. The largest absolute Gasteiger partial charge is 0.467 e. The van der Waals surface area contributed by atoms with Crippen LogP contribution in [0.15, 0.2) is 59.1 Å². The number of aromatic nitrogens is 2. The van der Waals surface area contributed by atoms with Crippen molar-refractivity contribution < 1.29 is 4.42 Å². The molecule has 3 rings (SSSR count). The molecule has 0 atom stereocenters. The van der Waals surface area contributed by atoms with E-state index in [1.807, 2.05) is 37.3 Å². The average Bonchev–Trinajstić information content (AvgIpc) is 3.10. The lowest BCUT2D eigenvalue weighted by molar-refractivity contribution is 0.517. The van der Waals surface area contributed by atoms with E-state index in [-0.39, 0.29) is 0 Å². The van der Waals surface area contributed by atoms with Gasteiger partial charge in [-0.1, -0.05) is 6.08 Å². The van der Waals surface area contributed by atoms with Gasteiger partial charge in [0, 0.05) is 12.4 Å². The molecule has 0 saturated heterocycles. The number of hydrogen-bond donors (Lipinski definition) is 2. The maximum absolute atomic E-state index is 9.53. The van der Waals surface area contributed by atoms with Crippen LogP contribution in [-0.4, -0.2) is 9.97 Å². The smallest absolute Gasteiger partial charge is 0.223 e. The molecule has 0 aliphatic carbocycles. The van der Waals surface area contributed by atoms with Crippen LogP contribution in [0.25, 0.3) is 5.57 Å². The minimum absolute atomic E-state index is 0.450. The van der Waals surface area contributed by atoms with E-state index in [1.165, 1.54) is 0 Å². The number of nitrogens with zero attached hydrogens (tertiary/aromatic N) is 3. The number of nitrogens with one attached hydrogen (secondary N) is 2. The summed E-state index contributed by atoms with van der Waals surface area (Å²) in [5, 5.41) is 15.7. The fraction of sp³-hybridized carbons (Fsp3) is 0.118. The number of furan rings is 1. The summed E-state index contributed by atoms with van der Waals surface area (Å²) < 4.78 is 5.27. The van der Waals surface area contributed by atoms with Crippen molar-refractivity contribution in [3.8, 4) is 6.07 Å². The molecular formula is C17H15N5O. The van der Waals surface area contributed by atoms with Crippen LogP contribution >= 0.6 is 0 Å². The van der Waals surface area contributed by atoms with Gasteiger partial charge in [-0.2, -0.15) is 5.26 Å². The summed E-state index contributed by atoms with van der Waals surface area (Å²) >= 11 is 0. The lowest BCUT2D eigenvalue weighted by atomic mass is 10.1. The number of hydrogen-bond acceptors (Lipinski definition) is 6. The van der Waals surface area contributed by atoms with Gasteiger partial charge in [0.25, 0.3) is 0 Å². The van der Waals surface area contributed by atoms with E-state index in [9.17, 15) is 5.26 Å². The predicted octanol–water partition coefficient (Wildman–Crippen LogP) is 2.90. The van der Waals surface area contributed by atoms with Crippen molar-refractivity contribution in [1.82, 2.24) is 15.3 Å². The van der Waals surface area contributed by atoms with Crippen LogP contribution in [0.1, 0.15) is 17.0 Å². The molecule has 0 fully saturated rings. The molecule has 6 heteroatoms.